The number of nitrogens with one attached hydrogen (secondary N) is 1. The molecule has 6 nitrogen and oxygen atoms in total. The Morgan fingerprint density at radius 1 is 0.966 bits per heavy atom. The zero-order valence-corrected chi connectivity index (χ0v) is 17.1. The minimum Gasteiger partial charge on any atom is -0.395 e. The van der Waals surface area contributed by atoms with Gasteiger partial charge in [-0.15, -0.1) is 0 Å². The molecule has 160 valence electrons. The van der Waals surface area contributed by atoms with E-state index >= 15 is 0 Å². The van der Waals surface area contributed by atoms with E-state index in [1.165, 1.54) is 24.3 Å². The Hall–Kier alpha value is -1.95. The van der Waals surface area contributed by atoms with E-state index in [9.17, 15) is 35.1 Å². The minimum absolute atomic E-state index is 0.188. The van der Waals surface area contributed by atoms with Crippen molar-refractivity contribution >= 4 is 19.9 Å². The summed E-state index contributed by atoms with van der Waals surface area (Å²) in [6, 6.07) is 7.52. The van der Waals surface area contributed by atoms with Gasteiger partial charge in [0.25, 0.3) is 0 Å². The molecule has 11 heteroatoms. The fourth-order valence-corrected chi connectivity index (χ4v) is 5.52. The smallest absolute Gasteiger partial charge is 0.395 e. The van der Waals surface area contributed by atoms with Gasteiger partial charge in [-0.25, -0.2) is 21.6 Å². The van der Waals surface area contributed by atoms with Crippen LogP contribution in [-0.4, -0.2) is 34.6 Å². The van der Waals surface area contributed by atoms with E-state index in [1.807, 2.05) is 4.72 Å². The zero-order valence-electron chi connectivity index (χ0n) is 15.5. The number of benzene rings is 2. The highest BCUT2D eigenvalue weighted by Gasteiger charge is 2.39. The van der Waals surface area contributed by atoms with Crippen LogP contribution < -0.4 is 4.72 Å². The van der Waals surface area contributed by atoms with Gasteiger partial charge >= 0.3 is 6.18 Å². The van der Waals surface area contributed by atoms with Gasteiger partial charge in [0, 0.05) is 6.04 Å². The van der Waals surface area contributed by atoms with Gasteiger partial charge in [-0.1, -0.05) is 32.0 Å². The van der Waals surface area contributed by atoms with E-state index in [2.05, 4.69) is 0 Å². The Bertz CT molecular complexity index is 1070. The first-order valence-corrected chi connectivity index (χ1v) is 11.4. The van der Waals surface area contributed by atoms with E-state index in [4.69, 9.17) is 0 Å². The van der Waals surface area contributed by atoms with Crippen molar-refractivity contribution in [2.24, 2.45) is 5.92 Å². The number of aliphatic hydroxyl groups is 1. The summed E-state index contributed by atoms with van der Waals surface area (Å²) >= 11 is 0. The number of alkyl halides is 3. The predicted octanol–water partition coefficient (Wildman–Crippen LogP) is 2.83. The van der Waals surface area contributed by atoms with Gasteiger partial charge in [0.05, 0.1) is 26.9 Å². The largest absolute Gasteiger partial charge is 0.417 e. The van der Waals surface area contributed by atoms with E-state index in [1.54, 1.807) is 19.9 Å². The first-order chi connectivity index (χ1) is 13.3. The molecular weight excluding hydrogens is 431 g/mol. The monoisotopic (exact) mass is 451 g/mol. The number of sulfonamides is 1. The van der Waals surface area contributed by atoms with Gasteiger partial charge < -0.3 is 5.11 Å². The molecule has 0 aliphatic heterocycles. The van der Waals surface area contributed by atoms with Crippen LogP contribution in [0.1, 0.15) is 19.4 Å². The lowest BCUT2D eigenvalue weighted by Gasteiger charge is -2.22. The van der Waals surface area contributed by atoms with Gasteiger partial charge in [0.2, 0.25) is 19.9 Å². The number of halogens is 3. The molecule has 0 bridgehead atoms. The lowest BCUT2D eigenvalue weighted by Crippen LogP contribution is -2.41. The van der Waals surface area contributed by atoms with Crippen LogP contribution in [0.3, 0.4) is 0 Å². The van der Waals surface area contributed by atoms with Crippen molar-refractivity contribution < 1.29 is 35.1 Å². The Kier molecular flexibility index (Phi) is 6.78. The van der Waals surface area contributed by atoms with Gasteiger partial charge in [-0.3, -0.25) is 0 Å². The van der Waals surface area contributed by atoms with Crippen LogP contribution in [0, 0.1) is 5.92 Å². The third kappa shape index (κ3) is 5.16. The maximum atomic E-state index is 13.4. The second-order valence-electron chi connectivity index (χ2n) is 6.63. The lowest BCUT2D eigenvalue weighted by molar-refractivity contribution is -0.139. The number of rotatable bonds is 7. The van der Waals surface area contributed by atoms with Gasteiger partial charge in [0.1, 0.15) is 0 Å². The third-order valence-electron chi connectivity index (χ3n) is 4.22. The molecule has 1 atom stereocenters. The first kappa shape index (κ1) is 23.3. The molecular formula is C18H20F3NO5S2. The number of hydrogen-bond donors (Lipinski definition) is 2. The molecule has 2 aromatic rings. The lowest BCUT2D eigenvalue weighted by atomic mass is 10.1. The van der Waals surface area contributed by atoms with E-state index in [0.29, 0.717) is 12.1 Å². The highest BCUT2D eigenvalue weighted by atomic mass is 32.2. The summed E-state index contributed by atoms with van der Waals surface area (Å²) in [6.45, 7) is 2.51. The van der Waals surface area contributed by atoms with Crippen molar-refractivity contribution in [2.45, 2.75) is 40.8 Å². The Morgan fingerprint density at radius 2 is 1.55 bits per heavy atom. The average molecular weight is 451 g/mol. The standard InChI is InChI=1S/C18H20F3NO5S2/c1-12(2)16(11-23)22-29(26,27)17-10-14(8-9-15(17)18(19,20)21)28(24,25)13-6-4-3-5-7-13/h3-10,12,16,22-23H,11H2,1-2H3. The van der Waals surface area contributed by atoms with Crippen molar-refractivity contribution in [1.29, 1.82) is 0 Å². The molecule has 0 radical (unpaired) electrons. The van der Waals surface area contributed by atoms with Gasteiger partial charge in [0.15, 0.2) is 0 Å². The van der Waals surface area contributed by atoms with Gasteiger partial charge in [-0.2, -0.15) is 13.2 Å². The molecule has 0 aliphatic carbocycles. The molecule has 29 heavy (non-hydrogen) atoms. The molecule has 0 aliphatic rings. The fraction of sp³-hybridized carbons (Fsp3) is 0.333. The van der Waals surface area contributed by atoms with Crippen LogP contribution in [0.2, 0.25) is 0 Å². The number of aliphatic hydroxyl groups excluding tert-OH is 1. The first-order valence-electron chi connectivity index (χ1n) is 8.45. The van der Waals surface area contributed by atoms with Crippen LogP contribution in [-0.2, 0) is 26.0 Å². The van der Waals surface area contributed by atoms with Gasteiger partial charge in [-0.05, 0) is 36.2 Å². The minimum atomic E-state index is -5.04. The molecule has 0 aromatic heterocycles. The highest BCUT2D eigenvalue weighted by Crippen LogP contribution is 2.36. The van der Waals surface area contributed by atoms with Crippen molar-refractivity contribution in [3.05, 3.63) is 54.1 Å². The molecule has 0 fully saturated rings. The molecule has 0 heterocycles. The molecule has 2 N–H and O–H groups in total. The predicted molar refractivity (Wildman–Crippen MR) is 99.4 cm³/mol. The number of sulfone groups is 1. The summed E-state index contributed by atoms with van der Waals surface area (Å²) < 4.78 is 93.1. The van der Waals surface area contributed by atoms with Crippen LogP contribution in [0.25, 0.3) is 0 Å². The SMILES string of the molecule is CC(C)C(CO)NS(=O)(=O)c1cc(S(=O)(=O)c2ccccc2)ccc1C(F)(F)F. The fourth-order valence-electron chi connectivity index (χ4n) is 2.51. The van der Waals surface area contributed by atoms with Crippen LogP contribution in [0.5, 0.6) is 0 Å². The maximum Gasteiger partial charge on any atom is 0.417 e. The molecule has 0 saturated carbocycles. The second kappa shape index (κ2) is 8.42. The van der Waals surface area contributed by atoms with Crippen LogP contribution >= 0.6 is 0 Å². The molecule has 0 spiro atoms. The van der Waals surface area contributed by atoms with Crippen LogP contribution in [0.4, 0.5) is 13.2 Å². The molecule has 0 saturated heterocycles. The quantitative estimate of drug-likeness (QED) is 0.674. The van der Waals surface area contributed by atoms with E-state index < -0.39 is 60.0 Å². The topological polar surface area (TPSA) is 101 Å². The van der Waals surface area contributed by atoms with E-state index in [-0.39, 0.29) is 4.90 Å². The Labute approximate surface area is 167 Å². The third-order valence-corrected chi connectivity index (χ3v) is 7.52. The molecule has 2 rings (SSSR count). The van der Waals surface area contributed by atoms with Crippen molar-refractivity contribution in [3.8, 4) is 0 Å². The normalized spacial score (nSPS) is 14.2. The Morgan fingerprint density at radius 3 is 2.03 bits per heavy atom. The van der Waals surface area contributed by atoms with Crippen molar-refractivity contribution in [2.75, 3.05) is 6.61 Å². The average Bonchev–Trinajstić information content (AvgIpc) is 2.65. The summed E-state index contributed by atoms with van der Waals surface area (Å²) in [7, 11) is -9.03. The van der Waals surface area contributed by atoms with E-state index in [0.717, 1.165) is 6.07 Å². The summed E-state index contributed by atoms with van der Waals surface area (Å²) in [5.41, 5.74) is -1.50. The summed E-state index contributed by atoms with van der Waals surface area (Å²) in [4.78, 5) is -2.00. The Balaban J connectivity index is 2.68. The second-order valence-corrected chi connectivity index (χ2v) is 10.3. The highest BCUT2D eigenvalue weighted by molar-refractivity contribution is 7.91. The molecule has 1 unspecified atom stereocenters. The maximum absolute atomic E-state index is 13.4. The van der Waals surface area contributed by atoms with Crippen molar-refractivity contribution in [1.82, 2.24) is 4.72 Å². The summed E-state index contributed by atoms with van der Waals surface area (Å²) in [6.07, 6.45) is -5.04. The molecule has 2 aromatic carbocycles. The van der Waals surface area contributed by atoms with Crippen LogP contribution in [0.15, 0.2) is 63.2 Å². The summed E-state index contributed by atoms with van der Waals surface area (Å²) in [5.74, 6) is -0.416. The molecule has 0 amide bonds. The zero-order chi connectivity index (χ0) is 22.0. The summed E-state index contributed by atoms with van der Waals surface area (Å²) in [5, 5.41) is 9.32. The van der Waals surface area contributed by atoms with Crippen molar-refractivity contribution in [3.63, 3.8) is 0 Å². The number of hydrogen-bond acceptors (Lipinski definition) is 5.